The predicted molar refractivity (Wildman–Crippen MR) is 77.7 cm³/mol. The molecule has 0 radical (unpaired) electrons. The molecule has 1 unspecified atom stereocenters. The summed E-state index contributed by atoms with van der Waals surface area (Å²) in [4.78, 5) is 0. The summed E-state index contributed by atoms with van der Waals surface area (Å²) in [5.74, 6) is 0.964. The van der Waals surface area contributed by atoms with E-state index >= 15 is 0 Å². The van der Waals surface area contributed by atoms with Gasteiger partial charge < -0.3 is 14.8 Å². The van der Waals surface area contributed by atoms with Crippen LogP contribution in [-0.2, 0) is 4.74 Å². The number of benzene rings is 1. The molecule has 1 saturated carbocycles. The molecule has 2 rings (SSSR count). The van der Waals surface area contributed by atoms with Crippen LogP contribution in [0.5, 0.6) is 5.75 Å². The van der Waals surface area contributed by atoms with Crippen molar-refractivity contribution in [3.8, 4) is 5.75 Å². The molecule has 0 heterocycles. The van der Waals surface area contributed by atoms with Crippen molar-refractivity contribution in [3.63, 3.8) is 0 Å². The van der Waals surface area contributed by atoms with Gasteiger partial charge in [0.1, 0.15) is 5.75 Å². The van der Waals surface area contributed by atoms with E-state index in [1.54, 1.807) is 7.11 Å². The molecule has 0 bridgehead atoms. The van der Waals surface area contributed by atoms with Gasteiger partial charge in [0.25, 0.3) is 0 Å². The fourth-order valence-electron chi connectivity index (χ4n) is 2.71. The fraction of sp³-hybridized carbons (Fsp3) is 0.625. The molecule has 1 aromatic rings. The van der Waals surface area contributed by atoms with Crippen LogP contribution >= 0.6 is 0 Å². The molecular weight excluding hydrogens is 238 g/mol. The lowest BCUT2D eigenvalue weighted by atomic mass is 9.88. The summed E-state index contributed by atoms with van der Waals surface area (Å²) < 4.78 is 11.0. The van der Waals surface area contributed by atoms with Crippen LogP contribution in [0.25, 0.3) is 0 Å². The van der Waals surface area contributed by atoms with Gasteiger partial charge in [-0.05, 0) is 39.7 Å². The third-order valence-corrected chi connectivity index (χ3v) is 3.83. The summed E-state index contributed by atoms with van der Waals surface area (Å²) in [6.07, 6.45) is 2.69. The van der Waals surface area contributed by atoms with Crippen molar-refractivity contribution in [3.05, 3.63) is 29.3 Å². The number of hydrogen-bond donors (Lipinski definition) is 1. The first-order valence-corrected chi connectivity index (χ1v) is 7.16. The average Bonchev–Trinajstić information content (AvgIpc) is 2.36. The van der Waals surface area contributed by atoms with E-state index in [1.165, 1.54) is 11.1 Å². The summed E-state index contributed by atoms with van der Waals surface area (Å²) in [5, 5.41) is 3.66. The van der Waals surface area contributed by atoms with Gasteiger partial charge in [-0.15, -0.1) is 0 Å². The third kappa shape index (κ3) is 3.48. The molecule has 0 aromatic heterocycles. The van der Waals surface area contributed by atoms with Gasteiger partial charge in [-0.25, -0.2) is 0 Å². The Morgan fingerprint density at radius 3 is 2.74 bits per heavy atom. The quantitative estimate of drug-likeness (QED) is 0.855. The summed E-state index contributed by atoms with van der Waals surface area (Å²) in [6.45, 7) is 7.19. The van der Waals surface area contributed by atoms with E-state index in [9.17, 15) is 0 Å². The Morgan fingerprint density at radius 1 is 1.37 bits per heavy atom. The fourth-order valence-corrected chi connectivity index (χ4v) is 2.71. The van der Waals surface area contributed by atoms with Gasteiger partial charge in [0, 0.05) is 24.3 Å². The first-order valence-electron chi connectivity index (χ1n) is 7.16. The Hall–Kier alpha value is -1.06. The van der Waals surface area contributed by atoms with E-state index in [0.717, 1.165) is 25.2 Å². The largest absolute Gasteiger partial charge is 0.496 e. The average molecular weight is 263 g/mol. The number of rotatable bonds is 6. The lowest BCUT2D eigenvalue weighted by Gasteiger charge is -2.37. The molecule has 3 heteroatoms. The van der Waals surface area contributed by atoms with Gasteiger partial charge in [-0.1, -0.05) is 17.7 Å². The highest BCUT2D eigenvalue weighted by molar-refractivity contribution is 5.39. The second kappa shape index (κ2) is 6.40. The van der Waals surface area contributed by atoms with E-state index in [2.05, 4.69) is 38.2 Å². The molecule has 1 N–H and O–H groups in total. The van der Waals surface area contributed by atoms with Crippen molar-refractivity contribution in [2.45, 2.75) is 51.8 Å². The molecule has 106 valence electrons. The van der Waals surface area contributed by atoms with Crippen molar-refractivity contribution in [2.24, 2.45) is 0 Å². The molecule has 1 fully saturated rings. The topological polar surface area (TPSA) is 30.5 Å². The Kier molecular flexibility index (Phi) is 4.83. The molecule has 0 amide bonds. The third-order valence-electron chi connectivity index (χ3n) is 3.83. The zero-order valence-corrected chi connectivity index (χ0v) is 12.4. The highest BCUT2D eigenvalue weighted by Crippen LogP contribution is 2.30. The number of methoxy groups -OCH3 is 1. The van der Waals surface area contributed by atoms with Gasteiger partial charge in [-0.3, -0.25) is 0 Å². The van der Waals surface area contributed by atoms with Crippen molar-refractivity contribution >= 4 is 0 Å². The van der Waals surface area contributed by atoms with Gasteiger partial charge >= 0.3 is 0 Å². The molecule has 1 aliphatic carbocycles. The molecule has 0 saturated heterocycles. The standard InChI is InChI=1S/C16H25NO2/c1-5-19-14-9-13(10-14)17-12(3)15-8-11(2)6-7-16(15)18-4/h6-8,12-14,17H,5,9-10H2,1-4H3. The first-order chi connectivity index (χ1) is 9.13. The Morgan fingerprint density at radius 2 is 2.11 bits per heavy atom. The maximum Gasteiger partial charge on any atom is 0.123 e. The summed E-state index contributed by atoms with van der Waals surface area (Å²) in [5.41, 5.74) is 2.51. The highest BCUT2D eigenvalue weighted by Gasteiger charge is 2.30. The van der Waals surface area contributed by atoms with Crippen LogP contribution in [0.4, 0.5) is 0 Å². The van der Waals surface area contributed by atoms with Gasteiger partial charge in [0.05, 0.1) is 13.2 Å². The molecule has 1 aliphatic rings. The summed E-state index contributed by atoms with van der Waals surface area (Å²) in [7, 11) is 1.73. The van der Waals surface area contributed by atoms with E-state index in [-0.39, 0.29) is 0 Å². The second-order valence-corrected chi connectivity index (χ2v) is 5.38. The zero-order valence-electron chi connectivity index (χ0n) is 12.4. The number of nitrogens with one attached hydrogen (secondary N) is 1. The minimum Gasteiger partial charge on any atom is -0.496 e. The Bertz CT molecular complexity index is 413. The van der Waals surface area contributed by atoms with Gasteiger partial charge in [0.2, 0.25) is 0 Å². The van der Waals surface area contributed by atoms with E-state index < -0.39 is 0 Å². The minimum absolute atomic E-state index is 0.308. The van der Waals surface area contributed by atoms with Crippen LogP contribution in [0.3, 0.4) is 0 Å². The van der Waals surface area contributed by atoms with Crippen molar-refractivity contribution in [1.29, 1.82) is 0 Å². The van der Waals surface area contributed by atoms with Crippen LogP contribution in [0.15, 0.2) is 18.2 Å². The lowest BCUT2D eigenvalue weighted by Crippen LogP contribution is -2.46. The molecule has 0 aliphatic heterocycles. The minimum atomic E-state index is 0.308. The Balaban J connectivity index is 1.93. The normalized spacial score (nSPS) is 23.8. The number of ether oxygens (including phenoxy) is 2. The molecular formula is C16H25NO2. The van der Waals surface area contributed by atoms with Crippen molar-refractivity contribution < 1.29 is 9.47 Å². The maximum absolute atomic E-state index is 5.59. The highest BCUT2D eigenvalue weighted by atomic mass is 16.5. The van der Waals surface area contributed by atoms with E-state index in [1.807, 2.05) is 6.07 Å². The monoisotopic (exact) mass is 263 g/mol. The predicted octanol–water partition coefficient (Wildman–Crippen LogP) is 3.22. The van der Waals surface area contributed by atoms with Crippen LogP contribution in [0, 0.1) is 6.92 Å². The SMILES string of the molecule is CCOC1CC(NC(C)c2cc(C)ccc2OC)C1. The summed E-state index contributed by atoms with van der Waals surface area (Å²) >= 11 is 0. The Labute approximate surface area is 116 Å². The van der Waals surface area contributed by atoms with Gasteiger partial charge in [0.15, 0.2) is 0 Å². The summed E-state index contributed by atoms with van der Waals surface area (Å²) in [6, 6.07) is 7.21. The van der Waals surface area contributed by atoms with Crippen LogP contribution in [0.2, 0.25) is 0 Å². The van der Waals surface area contributed by atoms with Crippen molar-refractivity contribution in [2.75, 3.05) is 13.7 Å². The molecule has 3 nitrogen and oxygen atoms in total. The maximum atomic E-state index is 5.59. The molecule has 1 atom stereocenters. The zero-order chi connectivity index (χ0) is 13.8. The van der Waals surface area contributed by atoms with E-state index in [0.29, 0.717) is 18.2 Å². The lowest BCUT2D eigenvalue weighted by molar-refractivity contribution is -0.0120. The first kappa shape index (κ1) is 14.4. The molecule has 1 aromatic carbocycles. The van der Waals surface area contributed by atoms with Crippen molar-refractivity contribution in [1.82, 2.24) is 5.32 Å². The van der Waals surface area contributed by atoms with Crippen LogP contribution < -0.4 is 10.1 Å². The molecule has 19 heavy (non-hydrogen) atoms. The smallest absolute Gasteiger partial charge is 0.123 e. The van der Waals surface area contributed by atoms with Crippen LogP contribution in [-0.4, -0.2) is 25.9 Å². The number of aryl methyl sites for hydroxylation is 1. The second-order valence-electron chi connectivity index (χ2n) is 5.38. The van der Waals surface area contributed by atoms with Crippen LogP contribution in [0.1, 0.15) is 43.9 Å². The molecule has 0 spiro atoms. The number of hydrogen-bond acceptors (Lipinski definition) is 3. The van der Waals surface area contributed by atoms with Gasteiger partial charge in [-0.2, -0.15) is 0 Å². The van der Waals surface area contributed by atoms with E-state index in [4.69, 9.17) is 9.47 Å².